The lowest BCUT2D eigenvalue weighted by atomic mass is 10.1. The minimum Gasteiger partial charge on any atom is -0.326 e. The largest absolute Gasteiger partial charge is 0.418 e. The van der Waals surface area contributed by atoms with Crippen LogP contribution in [0.4, 0.5) is 23.4 Å². The zero-order chi connectivity index (χ0) is 14.8. The second-order valence-corrected chi connectivity index (χ2v) is 7.27. The van der Waals surface area contributed by atoms with Crippen LogP contribution < -0.4 is 9.66 Å². The van der Waals surface area contributed by atoms with Crippen molar-refractivity contribution in [3.8, 4) is 5.75 Å². The molecule has 0 bridgehead atoms. The van der Waals surface area contributed by atoms with Crippen molar-refractivity contribution in [3.05, 3.63) is 22.2 Å². The monoisotopic (exact) mass is 361 g/mol. The molecule has 0 amide bonds. The van der Waals surface area contributed by atoms with E-state index in [2.05, 4.69) is 25.6 Å². The van der Waals surface area contributed by atoms with Gasteiger partial charge in [0.1, 0.15) is 5.69 Å². The van der Waals surface area contributed by atoms with Gasteiger partial charge in [0.15, 0.2) is 5.75 Å². The number of hydrogen-bond donors (Lipinski definition) is 1. The maximum absolute atomic E-state index is 12.9. The van der Waals surface area contributed by atoms with E-state index in [0.29, 0.717) is 0 Å². The zero-order valence-corrected chi connectivity index (χ0v) is 12.8. The van der Waals surface area contributed by atoms with Gasteiger partial charge in [-0.1, -0.05) is 15.9 Å². The summed E-state index contributed by atoms with van der Waals surface area (Å²) in [6, 6.07) is 1.99. The van der Waals surface area contributed by atoms with Crippen molar-refractivity contribution < 1.29 is 22.6 Å². The zero-order valence-electron chi connectivity index (χ0n) is 10.4. The normalized spacial score (nSPS) is 12.4. The van der Waals surface area contributed by atoms with E-state index in [1.807, 2.05) is 20.8 Å². The van der Waals surface area contributed by atoms with E-state index in [1.165, 1.54) is 0 Å². The van der Waals surface area contributed by atoms with Gasteiger partial charge in [0.05, 0.1) is 5.56 Å². The molecule has 0 aliphatic carbocycles. The van der Waals surface area contributed by atoms with E-state index in [-0.39, 0.29) is 9.22 Å². The first-order valence-electron chi connectivity index (χ1n) is 5.18. The standard InChI is InChI=1S/C11H12BrF4NOS/c1-10(2,3)19-17-9-7(11(13,14)15)4-6(12)5-8(9)18-16/h4-5,17H,1-3H3. The molecule has 0 atom stereocenters. The van der Waals surface area contributed by atoms with Crippen LogP contribution in [0, 0.1) is 0 Å². The molecule has 8 heteroatoms. The van der Waals surface area contributed by atoms with Gasteiger partial charge in [-0.15, -0.1) is 0 Å². The highest BCUT2D eigenvalue weighted by Crippen LogP contribution is 2.44. The Bertz CT molecular complexity index is 459. The molecule has 0 aliphatic heterocycles. The molecule has 1 aromatic rings. The first-order valence-corrected chi connectivity index (χ1v) is 6.79. The van der Waals surface area contributed by atoms with Crippen molar-refractivity contribution in [3.63, 3.8) is 0 Å². The lowest BCUT2D eigenvalue weighted by Crippen LogP contribution is -2.14. The van der Waals surface area contributed by atoms with E-state index in [0.717, 1.165) is 24.1 Å². The third-order valence-electron chi connectivity index (χ3n) is 1.91. The fourth-order valence-electron chi connectivity index (χ4n) is 1.18. The Kier molecular flexibility index (Phi) is 5.00. The maximum Gasteiger partial charge on any atom is 0.418 e. The first kappa shape index (κ1) is 16.4. The van der Waals surface area contributed by atoms with E-state index in [4.69, 9.17) is 0 Å². The van der Waals surface area contributed by atoms with E-state index >= 15 is 0 Å². The third-order valence-corrected chi connectivity index (χ3v) is 3.29. The molecule has 19 heavy (non-hydrogen) atoms. The second kappa shape index (κ2) is 5.78. The smallest absolute Gasteiger partial charge is 0.326 e. The molecule has 0 fully saturated rings. The number of nitrogens with one attached hydrogen (secondary N) is 1. The lowest BCUT2D eigenvalue weighted by Gasteiger charge is -2.21. The molecule has 0 unspecified atom stereocenters. The summed E-state index contributed by atoms with van der Waals surface area (Å²) in [7, 11) is 0. The number of rotatable bonds is 3. The van der Waals surface area contributed by atoms with Crippen molar-refractivity contribution in [1.82, 2.24) is 0 Å². The van der Waals surface area contributed by atoms with E-state index < -0.39 is 23.2 Å². The van der Waals surface area contributed by atoms with E-state index in [9.17, 15) is 17.7 Å². The number of halogens is 5. The van der Waals surface area contributed by atoms with Gasteiger partial charge in [-0.25, -0.2) is 0 Å². The quantitative estimate of drug-likeness (QED) is 0.560. The van der Waals surface area contributed by atoms with Crippen LogP contribution in [0.3, 0.4) is 0 Å². The Morgan fingerprint density at radius 3 is 2.21 bits per heavy atom. The Morgan fingerprint density at radius 2 is 1.79 bits per heavy atom. The number of anilines is 1. The summed E-state index contributed by atoms with van der Waals surface area (Å²) in [5, 5.41) is 0. The molecule has 0 aliphatic rings. The van der Waals surface area contributed by atoms with Crippen LogP contribution in [0.2, 0.25) is 0 Å². The number of alkyl halides is 3. The SMILES string of the molecule is CC(C)(C)SNc1c(OF)cc(Br)cc1C(F)(F)F. The molecule has 0 aromatic heterocycles. The summed E-state index contributed by atoms with van der Waals surface area (Å²) in [6.45, 7) is 5.44. The van der Waals surface area contributed by atoms with Crippen molar-refractivity contribution in [1.29, 1.82) is 0 Å². The van der Waals surface area contributed by atoms with Crippen molar-refractivity contribution in [2.45, 2.75) is 31.7 Å². The van der Waals surface area contributed by atoms with Crippen LogP contribution in [0.5, 0.6) is 5.75 Å². The maximum atomic E-state index is 12.9. The van der Waals surface area contributed by atoms with Gasteiger partial charge in [0, 0.05) is 19.8 Å². The number of hydrogen-bond acceptors (Lipinski definition) is 3. The molecule has 0 saturated carbocycles. The molecule has 1 aromatic carbocycles. The van der Waals surface area contributed by atoms with Gasteiger partial charge >= 0.3 is 6.18 Å². The summed E-state index contributed by atoms with van der Waals surface area (Å²) < 4.78 is 53.4. The minimum atomic E-state index is -4.61. The topological polar surface area (TPSA) is 21.3 Å². The van der Waals surface area contributed by atoms with Crippen LogP contribution in [0.25, 0.3) is 0 Å². The minimum absolute atomic E-state index is 0.0822. The Hall–Kier alpha value is -0.630. The molecule has 0 heterocycles. The van der Waals surface area contributed by atoms with Crippen LogP contribution in [0.1, 0.15) is 26.3 Å². The Labute approximate surface area is 121 Å². The van der Waals surface area contributed by atoms with Gasteiger partial charge in [0.2, 0.25) is 0 Å². The average Bonchev–Trinajstić information content (AvgIpc) is 2.23. The fourth-order valence-corrected chi connectivity index (χ4v) is 2.23. The molecular weight excluding hydrogens is 350 g/mol. The van der Waals surface area contributed by atoms with E-state index in [1.54, 1.807) is 0 Å². The fraction of sp³-hybridized carbons (Fsp3) is 0.455. The lowest BCUT2D eigenvalue weighted by molar-refractivity contribution is -0.137. The Balaban J connectivity index is 3.25. The van der Waals surface area contributed by atoms with Gasteiger partial charge in [0.25, 0.3) is 0 Å². The molecule has 108 valence electrons. The molecule has 0 radical (unpaired) electrons. The summed E-state index contributed by atoms with van der Waals surface area (Å²) in [6.07, 6.45) is -4.61. The molecule has 2 nitrogen and oxygen atoms in total. The molecule has 0 saturated heterocycles. The molecular formula is C11H12BrF4NOS. The molecule has 1 N–H and O–H groups in total. The Morgan fingerprint density at radius 1 is 1.21 bits per heavy atom. The summed E-state index contributed by atoms with van der Waals surface area (Å²) in [5.41, 5.74) is -1.43. The van der Waals surface area contributed by atoms with Crippen LogP contribution in [-0.4, -0.2) is 4.75 Å². The van der Waals surface area contributed by atoms with Crippen molar-refractivity contribution in [2.24, 2.45) is 0 Å². The van der Waals surface area contributed by atoms with Gasteiger partial charge < -0.3 is 4.72 Å². The summed E-state index contributed by atoms with van der Waals surface area (Å²) >= 11 is 3.93. The van der Waals surface area contributed by atoms with Crippen molar-refractivity contribution >= 4 is 33.6 Å². The van der Waals surface area contributed by atoms with Gasteiger partial charge in [-0.3, -0.25) is 4.94 Å². The summed E-state index contributed by atoms with van der Waals surface area (Å²) in [4.78, 5) is 3.52. The number of benzene rings is 1. The highest BCUT2D eigenvalue weighted by Gasteiger charge is 2.36. The predicted molar refractivity (Wildman–Crippen MR) is 71.8 cm³/mol. The van der Waals surface area contributed by atoms with Gasteiger partial charge in [-0.2, -0.15) is 13.2 Å². The third kappa shape index (κ3) is 4.76. The predicted octanol–water partition coefficient (Wildman–Crippen LogP) is 5.59. The van der Waals surface area contributed by atoms with Gasteiger partial charge in [-0.05, 0) is 38.8 Å². The molecule has 1 rings (SSSR count). The molecule has 0 spiro atoms. The van der Waals surface area contributed by atoms with Crippen LogP contribution in [-0.2, 0) is 6.18 Å². The van der Waals surface area contributed by atoms with Crippen LogP contribution >= 0.6 is 27.9 Å². The first-order chi connectivity index (χ1) is 8.54. The highest BCUT2D eigenvalue weighted by atomic mass is 79.9. The highest BCUT2D eigenvalue weighted by molar-refractivity contribution is 9.10. The second-order valence-electron chi connectivity index (χ2n) is 4.72. The van der Waals surface area contributed by atoms with Crippen LogP contribution in [0.15, 0.2) is 16.6 Å². The summed E-state index contributed by atoms with van der Waals surface area (Å²) in [5.74, 6) is -0.515. The average molecular weight is 362 g/mol. The van der Waals surface area contributed by atoms with Crippen molar-refractivity contribution in [2.75, 3.05) is 4.72 Å².